The third kappa shape index (κ3) is 2.13. The third-order valence-electron chi connectivity index (χ3n) is 3.58. The van der Waals surface area contributed by atoms with E-state index >= 15 is 0 Å². The quantitative estimate of drug-likeness (QED) is 0.721. The van der Waals surface area contributed by atoms with Gasteiger partial charge < -0.3 is 14.6 Å². The second-order valence-corrected chi connectivity index (χ2v) is 4.82. The summed E-state index contributed by atoms with van der Waals surface area (Å²) in [4.78, 5) is 11.3. The summed E-state index contributed by atoms with van der Waals surface area (Å²) in [7, 11) is 0. The lowest BCUT2D eigenvalue weighted by molar-refractivity contribution is -0.139. The standard InChI is InChI=1S/C13H16N2O4/c1-7-11(12(13(16)17)15-14-7)8-2-3-9-10(6-8)19-5-4-18-9/h2-3,6-7,11-12,14-15H,4-5H2,1H3,(H,16,17). The summed E-state index contributed by atoms with van der Waals surface area (Å²) in [5.41, 5.74) is 6.72. The molecule has 3 rings (SSSR count). The van der Waals surface area contributed by atoms with Crippen molar-refractivity contribution in [3.63, 3.8) is 0 Å². The summed E-state index contributed by atoms with van der Waals surface area (Å²) in [6.45, 7) is 3.03. The van der Waals surface area contributed by atoms with Crippen LogP contribution in [0.25, 0.3) is 0 Å². The van der Waals surface area contributed by atoms with Crippen molar-refractivity contribution in [2.24, 2.45) is 0 Å². The largest absolute Gasteiger partial charge is 0.486 e. The second-order valence-electron chi connectivity index (χ2n) is 4.82. The number of hydrogen-bond acceptors (Lipinski definition) is 5. The summed E-state index contributed by atoms with van der Waals surface area (Å²) in [5.74, 6) is 0.394. The molecule has 3 atom stereocenters. The Hall–Kier alpha value is -1.79. The zero-order valence-electron chi connectivity index (χ0n) is 10.6. The van der Waals surface area contributed by atoms with Crippen LogP contribution in [0.2, 0.25) is 0 Å². The number of aliphatic carboxylic acids is 1. The molecule has 2 aliphatic rings. The molecule has 0 radical (unpaired) electrons. The van der Waals surface area contributed by atoms with Crippen LogP contribution in [0, 0.1) is 0 Å². The second kappa shape index (κ2) is 4.71. The number of hydrogen-bond donors (Lipinski definition) is 3. The molecule has 1 fully saturated rings. The minimum absolute atomic E-state index is 0.0312. The molecular formula is C13H16N2O4. The number of benzene rings is 1. The van der Waals surface area contributed by atoms with Crippen LogP contribution in [0.5, 0.6) is 11.5 Å². The zero-order valence-corrected chi connectivity index (χ0v) is 10.6. The van der Waals surface area contributed by atoms with Crippen LogP contribution in [0.1, 0.15) is 18.4 Å². The number of fused-ring (bicyclic) bond motifs is 1. The molecule has 0 amide bonds. The first-order valence-electron chi connectivity index (χ1n) is 6.30. The maximum absolute atomic E-state index is 11.3. The van der Waals surface area contributed by atoms with Gasteiger partial charge in [-0.2, -0.15) is 0 Å². The maximum Gasteiger partial charge on any atom is 0.322 e. The van der Waals surface area contributed by atoms with Gasteiger partial charge in [-0.05, 0) is 24.6 Å². The van der Waals surface area contributed by atoms with Gasteiger partial charge in [0.15, 0.2) is 11.5 Å². The summed E-state index contributed by atoms with van der Waals surface area (Å²) >= 11 is 0. The van der Waals surface area contributed by atoms with E-state index in [0.717, 1.165) is 5.56 Å². The highest BCUT2D eigenvalue weighted by atomic mass is 16.6. The molecule has 0 saturated carbocycles. The normalized spacial score (nSPS) is 29.2. The summed E-state index contributed by atoms with van der Waals surface area (Å²) in [6, 6.07) is 5.01. The number of carboxylic acids is 1. The first-order chi connectivity index (χ1) is 9.16. The Balaban J connectivity index is 1.94. The van der Waals surface area contributed by atoms with Gasteiger partial charge in [-0.15, -0.1) is 0 Å². The van der Waals surface area contributed by atoms with E-state index in [1.165, 1.54) is 0 Å². The number of hydrazine groups is 1. The van der Waals surface area contributed by atoms with Crippen molar-refractivity contribution >= 4 is 5.97 Å². The van der Waals surface area contributed by atoms with Crippen molar-refractivity contribution in [3.05, 3.63) is 23.8 Å². The van der Waals surface area contributed by atoms with E-state index < -0.39 is 12.0 Å². The summed E-state index contributed by atoms with van der Waals surface area (Å²) in [6.07, 6.45) is 0. The highest BCUT2D eigenvalue weighted by molar-refractivity contribution is 5.75. The van der Waals surface area contributed by atoms with Crippen LogP contribution in [0.3, 0.4) is 0 Å². The lowest BCUT2D eigenvalue weighted by Gasteiger charge is -2.23. The number of ether oxygens (including phenoxy) is 2. The fourth-order valence-electron chi connectivity index (χ4n) is 2.65. The van der Waals surface area contributed by atoms with E-state index in [0.29, 0.717) is 24.7 Å². The number of carboxylic acid groups (broad SMARTS) is 1. The molecule has 0 bridgehead atoms. The van der Waals surface area contributed by atoms with E-state index in [1.807, 2.05) is 25.1 Å². The zero-order chi connectivity index (χ0) is 13.4. The molecule has 6 nitrogen and oxygen atoms in total. The maximum atomic E-state index is 11.3. The van der Waals surface area contributed by atoms with Crippen LogP contribution in [0.15, 0.2) is 18.2 Å². The van der Waals surface area contributed by atoms with E-state index in [-0.39, 0.29) is 12.0 Å². The van der Waals surface area contributed by atoms with Gasteiger partial charge in [-0.25, -0.2) is 5.43 Å². The van der Waals surface area contributed by atoms with Crippen molar-refractivity contribution in [3.8, 4) is 11.5 Å². The van der Waals surface area contributed by atoms with Crippen LogP contribution < -0.4 is 20.3 Å². The van der Waals surface area contributed by atoms with Crippen LogP contribution in [0.4, 0.5) is 0 Å². The molecule has 2 aliphatic heterocycles. The average Bonchev–Trinajstić information content (AvgIpc) is 2.80. The Morgan fingerprint density at radius 3 is 2.74 bits per heavy atom. The Labute approximate surface area is 110 Å². The van der Waals surface area contributed by atoms with Gasteiger partial charge in [-0.3, -0.25) is 10.2 Å². The van der Waals surface area contributed by atoms with Crippen molar-refractivity contribution in [1.82, 2.24) is 10.9 Å². The summed E-state index contributed by atoms with van der Waals surface area (Å²) in [5, 5.41) is 9.24. The van der Waals surface area contributed by atoms with E-state index in [4.69, 9.17) is 9.47 Å². The Morgan fingerprint density at radius 2 is 2.00 bits per heavy atom. The molecular weight excluding hydrogens is 248 g/mol. The fourth-order valence-corrected chi connectivity index (χ4v) is 2.65. The van der Waals surface area contributed by atoms with Crippen LogP contribution in [-0.2, 0) is 4.79 Å². The van der Waals surface area contributed by atoms with E-state index in [9.17, 15) is 9.90 Å². The topological polar surface area (TPSA) is 79.8 Å². The van der Waals surface area contributed by atoms with Gasteiger partial charge in [-0.1, -0.05) is 6.07 Å². The Kier molecular flexibility index (Phi) is 3.04. The molecule has 0 aromatic heterocycles. The predicted molar refractivity (Wildman–Crippen MR) is 67.3 cm³/mol. The van der Waals surface area contributed by atoms with Gasteiger partial charge in [0.05, 0.1) is 0 Å². The summed E-state index contributed by atoms with van der Waals surface area (Å²) < 4.78 is 11.0. The fraction of sp³-hybridized carbons (Fsp3) is 0.462. The molecule has 1 saturated heterocycles. The molecule has 3 N–H and O–H groups in total. The highest BCUT2D eigenvalue weighted by Crippen LogP contribution is 2.36. The van der Waals surface area contributed by atoms with Crippen LogP contribution >= 0.6 is 0 Å². The molecule has 0 aliphatic carbocycles. The molecule has 0 spiro atoms. The van der Waals surface area contributed by atoms with Gasteiger partial charge in [0.2, 0.25) is 0 Å². The van der Waals surface area contributed by atoms with Gasteiger partial charge in [0.1, 0.15) is 19.3 Å². The lowest BCUT2D eigenvalue weighted by Crippen LogP contribution is -2.38. The first-order valence-corrected chi connectivity index (χ1v) is 6.30. The lowest BCUT2D eigenvalue weighted by atomic mass is 9.87. The van der Waals surface area contributed by atoms with Gasteiger partial charge in [0.25, 0.3) is 0 Å². The average molecular weight is 264 g/mol. The van der Waals surface area contributed by atoms with Gasteiger partial charge >= 0.3 is 5.97 Å². The number of carbonyl (C=O) groups is 1. The van der Waals surface area contributed by atoms with Gasteiger partial charge in [0, 0.05) is 12.0 Å². The van der Waals surface area contributed by atoms with Crippen molar-refractivity contribution in [2.75, 3.05) is 13.2 Å². The Bertz CT molecular complexity index is 505. The smallest absolute Gasteiger partial charge is 0.322 e. The third-order valence-corrected chi connectivity index (χ3v) is 3.58. The van der Waals surface area contributed by atoms with Crippen molar-refractivity contribution < 1.29 is 19.4 Å². The SMILES string of the molecule is CC1NNC(C(=O)O)C1c1ccc2c(c1)OCCO2. The minimum atomic E-state index is -0.864. The van der Waals surface area contributed by atoms with Crippen molar-refractivity contribution in [2.45, 2.75) is 24.9 Å². The highest BCUT2D eigenvalue weighted by Gasteiger charge is 2.39. The minimum Gasteiger partial charge on any atom is -0.486 e. The molecule has 2 heterocycles. The predicted octanol–water partition coefficient (Wildman–Crippen LogP) is 0.491. The van der Waals surface area contributed by atoms with E-state index in [1.54, 1.807) is 0 Å². The molecule has 1 aromatic rings. The molecule has 6 heteroatoms. The molecule has 102 valence electrons. The molecule has 1 aromatic carbocycles. The number of nitrogens with one attached hydrogen (secondary N) is 2. The Morgan fingerprint density at radius 1 is 1.26 bits per heavy atom. The van der Waals surface area contributed by atoms with Crippen LogP contribution in [-0.4, -0.2) is 36.4 Å². The molecule has 19 heavy (non-hydrogen) atoms. The number of rotatable bonds is 2. The van der Waals surface area contributed by atoms with E-state index in [2.05, 4.69) is 10.9 Å². The van der Waals surface area contributed by atoms with Crippen molar-refractivity contribution in [1.29, 1.82) is 0 Å². The first kappa shape index (κ1) is 12.3. The monoisotopic (exact) mass is 264 g/mol. The molecule has 3 unspecified atom stereocenters.